The molecule has 0 aliphatic heterocycles. The molecule has 1 aromatic carbocycles. The number of aryl methyl sites for hydroxylation is 2. The van der Waals surface area contributed by atoms with Gasteiger partial charge in [-0.2, -0.15) is 0 Å². The number of rotatable bonds is 8. The maximum atomic E-state index is 11.8. The Bertz CT molecular complexity index is 743. The van der Waals surface area contributed by atoms with Gasteiger partial charge in [0.25, 0.3) is 11.8 Å². The molecule has 0 unspecified atom stereocenters. The largest absolute Gasteiger partial charge is 0.484 e. The average molecular weight is 376 g/mol. The lowest BCUT2D eigenvalue weighted by atomic mass is 10.1. The number of hydrogen-bond donors (Lipinski definition) is 2. The van der Waals surface area contributed by atoms with E-state index in [0.717, 1.165) is 11.1 Å². The minimum absolute atomic E-state index is 0.0669. The molecule has 26 heavy (non-hydrogen) atoms. The fourth-order valence-corrected chi connectivity index (χ4v) is 2.42. The summed E-state index contributed by atoms with van der Waals surface area (Å²) in [6, 6.07) is 7.01. The maximum absolute atomic E-state index is 11.8. The quantitative estimate of drug-likeness (QED) is 0.695. The number of nitrogens with one attached hydrogen (secondary N) is 2. The Labute approximate surface area is 157 Å². The molecule has 0 aliphatic rings. The highest BCUT2D eigenvalue weighted by molar-refractivity contribution is 6.32. The monoisotopic (exact) mass is 375 g/mol. The standard InChI is InChI=1S/C19H22ClN3O3/c1-13-9-16(10-14(2)18(13)20)26-12-17(24)22-7-4-8-23-19(25)15-5-3-6-21-11-15/h3,5-6,9-11H,4,7-8,12H2,1-2H3,(H,22,24)(H,23,25). The van der Waals surface area contributed by atoms with Crippen LogP contribution >= 0.6 is 11.6 Å². The van der Waals surface area contributed by atoms with E-state index in [2.05, 4.69) is 15.6 Å². The van der Waals surface area contributed by atoms with Gasteiger partial charge in [-0.1, -0.05) is 11.6 Å². The molecule has 1 aromatic heterocycles. The first-order valence-electron chi connectivity index (χ1n) is 8.32. The van der Waals surface area contributed by atoms with E-state index in [0.29, 0.717) is 35.8 Å². The Morgan fingerprint density at radius 3 is 2.50 bits per heavy atom. The van der Waals surface area contributed by atoms with Crippen molar-refractivity contribution in [2.45, 2.75) is 20.3 Å². The number of pyridine rings is 1. The van der Waals surface area contributed by atoms with Gasteiger partial charge < -0.3 is 15.4 Å². The fraction of sp³-hybridized carbons (Fsp3) is 0.316. The van der Waals surface area contributed by atoms with Crippen molar-refractivity contribution in [1.82, 2.24) is 15.6 Å². The van der Waals surface area contributed by atoms with Crippen LogP contribution in [0.4, 0.5) is 0 Å². The van der Waals surface area contributed by atoms with Gasteiger partial charge in [0.2, 0.25) is 0 Å². The zero-order valence-corrected chi connectivity index (χ0v) is 15.6. The van der Waals surface area contributed by atoms with E-state index >= 15 is 0 Å². The van der Waals surface area contributed by atoms with Gasteiger partial charge in [0.1, 0.15) is 5.75 Å². The highest BCUT2D eigenvalue weighted by Gasteiger charge is 2.07. The van der Waals surface area contributed by atoms with Crippen LogP contribution in [-0.4, -0.2) is 36.5 Å². The highest BCUT2D eigenvalue weighted by atomic mass is 35.5. The second kappa shape index (κ2) is 9.77. The number of hydrogen-bond acceptors (Lipinski definition) is 4. The summed E-state index contributed by atoms with van der Waals surface area (Å²) in [5, 5.41) is 6.23. The molecular weight excluding hydrogens is 354 g/mol. The number of carbonyl (C=O) groups excluding carboxylic acids is 2. The second-order valence-electron chi connectivity index (χ2n) is 5.86. The van der Waals surface area contributed by atoms with Gasteiger partial charge in [-0.05, 0) is 55.7 Å². The van der Waals surface area contributed by atoms with Crippen LogP contribution in [0.5, 0.6) is 5.75 Å². The summed E-state index contributed by atoms with van der Waals surface area (Å²) in [6.07, 6.45) is 3.74. The third kappa shape index (κ3) is 6.04. The Hall–Kier alpha value is -2.60. The normalized spacial score (nSPS) is 10.3. The Balaban J connectivity index is 1.63. The maximum Gasteiger partial charge on any atom is 0.257 e. The summed E-state index contributed by atoms with van der Waals surface area (Å²) < 4.78 is 5.49. The zero-order valence-electron chi connectivity index (χ0n) is 14.8. The van der Waals surface area contributed by atoms with Crippen molar-refractivity contribution >= 4 is 23.4 Å². The summed E-state index contributed by atoms with van der Waals surface area (Å²) in [5.74, 6) is 0.221. The fourth-order valence-electron chi connectivity index (χ4n) is 2.31. The van der Waals surface area contributed by atoms with E-state index < -0.39 is 0 Å². The summed E-state index contributed by atoms with van der Waals surface area (Å²) in [6.45, 7) is 4.63. The number of halogens is 1. The Morgan fingerprint density at radius 1 is 1.15 bits per heavy atom. The molecule has 7 heteroatoms. The number of amides is 2. The second-order valence-corrected chi connectivity index (χ2v) is 6.24. The molecule has 0 bridgehead atoms. The van der Waals surface area contributed by atoms with Crippen molar-refractivity contribution in [3.05, 3.63) is 58.4 Å². The summed E-state index contributed by atoms with van der Waals surface area (Å²) >= 11 is 6.10. The average Bonchev–Trinajstić information content (AvgIpc) is 2.64. The van der Waals surface area contributed by atoms with Gasteiger partial charge in [-0.3, -0.25) is 14.6 Å². The number of carbonyl (C=O) groups is 2. The molecule has 0 spiro atoms. The predicted molar refractivity (Wildman–Crippen MR) is 101 cm³/mol. The SMILES string of the molecule is Cc1cc(OCC(=O)NCCCNC(=O)c2cccnc2)cc(C)c1Cl. The lowest BCUT2D eigenvalue weighted by molar-refractivity contribution is -0.123. The molecule has 2 N–H and O–H groups in total. The molecule has 2 aromatic rings. The minimum atomic E-state index is -0.214. The van der Waals surface area contributed by atoms with Crippen molar-refractivity contribution < 1.29 is 14.3 Å². The van der Waals surface area contributed by atoms with Crippen LogP contribution in [0.2, 0.25) is 5.02 Å². The summed E-state index contributed by atoms with van der Waals surface area (Å²) in [5.41, 5.74) is 2.33. The lowest BCUT2D eigenvalue weighted by Gasteiger charge is -2.10. The number of aromatic nitrogens is 1. The van der Waals surface area contributed by atoms with Gasteiger partial charge in [0, 0.05) is 30.5 Å². The molecule has 6 nitrogen and oxygen atoms in total. The van der Waals surface area contributed by atoms with Gasteiger partial charge in [0.15, 0.2) is 6.61 Å². The molecule has 0 saturated carbocycles. The molecule has 2 amide bonds. The minimum Gasteiger partial charge on any atom is -0.484 e. The lowest BCUT2D eigenvalue weighted by Crippen LogP contribution is -2.32. The molecule has 0 aliphatic carbocycles. The zero-order chi connectivity index (χ0) is 18.9. The number of nitrogens with zero attached hydrogens (tertiary/aromatic N) is 1. The molecule has 138 valence electrons. The first-order chi connectivity index (χ1) is 12.5. The van der Waals surface area contributed by atoms with Crippen LogP contribution in [0.1, 0.15) is 27.9 Å². The molecule has 1 heterocycles. The highest BCUT2D eigenvalue weighted by Crippen LogP contribution is 2.25. The van der Waals surface area contributed by atoms with Crippen molar-refractivity contribution in [2.75, 3.05) is 19.7 Å². The molecule has 0 radical (unpaired) electrons. The third-order valence-electron chi connectivity index (χ3n) is 3.66. The Kier molecular flexibility index (Phi) is 7.41. The van der Waals surface area contributed by atoms with Gasteiger partial charge in [-0.15, -0.1) is 0 Å². The summed E-state index contributed by atoms with van der Waals surface area (Å²) in [4.78, 5) is 27.5. The smallest absolute Gasteiger partial charge is 0.257 e. The van der Waals surface area contributed by atoms with Gasteiger partial charge in [-0.25, -0.2) is 0 Å². The van der Waals surface area contributed by atoms with Crippen LogP contribution in [0, 0.1) is 13.8 Å². The van der Waals surface area contributed by atoms with E-state index in [1.54, 1.807) is 30.5 Å². The first kappa shape index (κ1) is 19.7. The van der Waals surface area contributed by atoms with E-state index in [4.69, 9.17) is 16.3 Å². The van der Waals surface area contributed by atoms with Gasteiger partial charge in [0.05, 0.1) is 5.56 Å². The van der Waals surface area contributed by atoms with Crippen LogP contribution < -0.4 is 15.4 Å². The van der Waals surface area contributed by atoms with Crippen molar-refractivity contribution in [3.63, 3.8) is 0 Å². The molecule has 0 fully saturated rings. The van der Waals surface area contributed by atoms with E-state index in [1.807, 2.05) is 13.8 Å². The van der Waals surface area contributed by atoms with E-state index in [-0.39, 0.29) is 18.4 Å². The van der Waals surface area contributed by atoms with Gasteiger partial charge >= 0.3 is 0 Å². The van der Waals surface area contributed by atoms with Crippen molar-refractivity contribution in [3.8, 4) is 5.75 Å². The molecule has 2 rings (SSSR count). The number of ether oxygens (including phenoxy) is 1. The number of benzene rings is 1. The van der Waals surface area contributed by atoms with Crippen LogP contribution in [-0.2, 0) is 4.79 Å². The van der Waals surface area contributed by atoms with Crippen LogP contribution in [0.15, 0.2) is 36.7 Å². The molecular formula is C19H22ClN3O3. The predicted octanol–water partition coefficient (Wildman–Crippen LogP) is 2.67. The topological polar surface area (TPSA) is 80.3 Å². The molecule has 0 saturated heterocycles. The molecule has 0 atom stereocenters. The van der Waals surface area contributed by atoms with Crippen molar-refractivity contribution in [2.24, 2.45) is 0 Å². The summed E-state index contributed by atoms with van der Waals surface area (Å²) in [7, 11) is 0. The Morgan fingerprint density at radius 2 is 1.85 bits per heavy atom. The van der Waals surface area contributed by atoms with E-state index in [9.17, 15) is 9.59 Å². The first-order valence-corrected chi connectivity index (χ1v) is 8.69. The van der Waals surface area contributed by atoms with Crippen LogP contribution in [0.3, 0.4) is 0 Å². The van der Waals surface area contributed by atoms with Crippen molar-refractivity contribution in [1.29, 1.82) is 0 Å². The van der Waals surface area contributed by atoms with E-state index in [1.165, 1.54) is 6.20 Å². The van der Waals surface area contributed by atoms with Crippen LogP contribution in [0.25, 0.3) is 0 Å². The third-order valence-corrected chi connectivity index (χ3v) is 4.26.